The van der Waals surface area contributed by atoms with Crippen molar-refractivity contribution < 1.29 is 4.74 Å². The largest absolute Gasteiger partial charge is 0.381 e. The van der Waals surface area contributed by atoms with Crippen LogP contribution >= 0.6 is 0 Å². The topological polar surface area (TPSA) is 35.2 Å². The van der Waals surface area contributed by atoms with Crippen LogP contribution in [0.4, 0.5) is 0 Å². The van der Waals surface area contributed by atoms with E-state index in [0.717, 1.165) is 25.0 Å². The number of rotatable bonds is 4. The highest BCUT2D eigenvalue weighted by molar-refractivity contribution is 4.90. The van der Waals surface area contributed by atoms with Gasteiger partial charge < -0.3 is 10.5 Å². The fourth-order valence-corrected chi connectivity index (χ4v) is 3.93. The van der Waals surface area contributed by atoms with Gasteiger partial charge in [-0.05, 0) is 50.4 Å². The molecular weight excluding hydrogens is 222 g/mol. The summed E-state index contributed by atoms with van der Waals surface area (Å²) >= 11 is 0. The second-order valence-corrected chi connectivity index (χ2v) is 6.71. The molecule has 2 heteroatoms. The van der Waals surface area contributed by atoms with Crippen LogP contribution in [0.1, 0.15) is 71.1 Å². The Kier molecular flexibility index (Phi) is 5.50. The van der Waals surface area contributed by atoms with Crippen molar-refractivity contribution in [3.05, 3.63) is 0 Å². The first-order chi connectivity index (χ1) is 8.72. The van der Waals surface area contributed by atoms with Crippen LogP contribution in [0, 0.1) is 11.8 Å². The van der Waals surface area contributed by atoms with Crippen molar-refractivity contribution in [2.24, 2.45) is 17.6 Å². The summed E-state index contributed by atoms with van der Waals surface area (Å²) in [4.78, 5) is 0. The lowest BCUT2D eigenvalue weighted by molar-refractivity contribution is 0.0547. The van der Waals surface area contributed by atoms with Crippen LogP contribution in [-0.2, 0) is 4.74 Å². The molecule has 0 bridgehead atoms. The molecular formula is C16H31NO. The van der Waals surface area contributed by atoms with Gasteiger partial charge in [-0.1, -0.05) is 32.6 Å². The van der Waals surface area contributed by atoms with Crippen LogP contribution in [0.25, 0.3) is 0 Å². The average Bonchev–Trinajstić information content (AvgIpc) is 2.54. The minimum atomic E-state index is 0.143. The summed E-state index contributed by atoms with van der Waals surface area (Å²) in [5, 5.41) is 0. The molecule has 2 aliphatic rings. The van der Waals surface area contributed by atoms with Crippen molar-refractivity contribution in [3.8, 4) is 0 Å². The maximum absolute atomic E-state index is 6.71. The molecule has 1 heterocycles. The van der Waals surface area contributed by atoms with Crippen LogP contribution in [0.15, 0.2) is 0 Å². The third-order valence-corrected chi connectivity index (χ3v) is 5.07. The van der Waals surface area contributed by atoms with Crippen LogP contribution < -0.4 is 5.73 Å². The monoisotopic (exact) mass is 253 g/mol. The molecule has 1 saturated carbocycles. The lowest BCUT2D eigenvalue weighted by Crippen LogP contribution is -2.42. The van der Waals surface area contributed by atoms with E-state index < -0.39 is 0 Å². The molecule has 2 rings (SSSR count). The Hall–Kier alpha value is -0.0800. The highest BCUT2D eigenvalue weighted by atomic mass is 16.5. The first-order valence-electron chi connectivity index (χ1n) is 8.08. The van der Waals surface area contributed by atoms with E-state index in [1.54, 1.807) is 0 Å². The zero-order valence-electron chi connectivity index (χ0n) is 12.1. The highest BCUT2D eigenvalue weighted by Gasteiger charge is 2.32. The Balaban J connectivity index is 1.82. The molecule has 2 N–H and O–H groups in total. The van der Waals surface area contributed by atoms with Crippen LogP contribution in [-0.4, -0.2) is 18.8 Å². The molecule has 0 aromatic heterocycles. The zero-order chi connectivity index (χ0) is 12.8. The smallest absolute Gasteiger partial charge is 0.0468 e. The molecule has 2 nitrogen and oxygen atoms in total. The first-order valence-corrected chi connectivity index (χ1v) is 8.08. The van der Waals surface area contributed by atoms with Gasteiger partial charge in [-0.15, -0.1) is 0 Å². The molecule has 0 amide bonds. The minimum Gasteiger partial charge on any atom is -0.381 e. The molecule has 106 valence electrons. The van der Waals surface area contributed by atoms with E-state index in [0.29, 0.717) is 0 Å². The maximum Gasteiger partial charge on any atom is 0.0468 e. The van der Waals surface area contributed by atoms with Crippen molar-refractivity contribution in [3.63, 3.8) is 0 Å². The van der Waals surface area contributed by atoms with Gasteiger partial charge in [0.1, 0.15) is 0 Å². The van der Waals surface area contributed by atoms with E-state index in [9.17, 15) is 0 Å². The Morgan fingerprint density at radius 2 is 1.83 bits per heavy atom. The molecule has 0 aromatic rings. The Labute approximate surface area is 113 Å². The van der Waals surface area contributed by atoms with E-state index in [-0.39, 0.29) is 5.54 Å². The van der Waals surface area contributed by atoms with Crippen molar-refractivity contribution in [2.75, 3.05) is 13.2 Å². The normalized spacial score (nSPS) is 35.3. The molecule has 1 saturated heterocycles. The standard InChI is InChI=1S/C16H31NO/c1-2-4-14-5-3-9-16(17,10-6-14)13-15-7-11-18-12-8-15/h14-15H,2-13,17H2,1H3. The Bertz CT molecular complexity index is 237. The van der Waals surface area contributed by atoms with Crippen LogP contribution in [0.5, 0.6) is 0 Å². The molecule has 0 spiro atoms. The van der Waals surface area contributed by atoms with E-state index >= 15 is 0 Å². The number of ether oxygens (including phenoxy) is 1. The summed E-state index contributed by atoms with van der Waals surface area (Å²) in [5.41, 5.74) is 6.85. The fraction of sp³-hybridized carbons (Fsp3) is 1.00. The first kappa shape index (κ1) is 14.3. The van der Waals surface area contributed by atoms with Gasteiger partial charge in [0.15, 0.2) is 0 Å². The van der Waals surface area contributed by atoms with E-state index in [4.69, 9.17) is 10.5 Å². The molecule has 1 aliphatic carbocycles. The summed E-state index contributed by atoms with van der Waals surface area (Å²) in [6.07, 6.45) is 13.1. The van der Waals surface area contributed by atoms with E-state index in [1.165, 1.54) is 64.2 Å². The molecule has 2 unspecified atom stereocenters. The second kappa shape index (κ2) is 6.91. The molecule has 0 aromatic carbocycles. The number of nitrogens with two attached hydrogens (primary N) is 1. The lowest BCUT2D eigenvalue weighted by atomic mass is 9.79. The average molecular weight is 253 g/mol. The Morgan fingerprint density at radius 1 is 1.06 bits per heavy atom. The van der Waals surface area contributed by atoms with Gasteiger partial charge in [0.05, 0.1) is 0 Å². The lowest BCUT2D eigenvalue weighted by Gasteiger charge is -2.34. The van der Waals surface area contributed by atoms with Gasteiger partial charge >= 0.3 is 0 Å². The van der Waals surface area contributed by atoms with E-state index in [2.05, 4.69) is 6.92 Å². The SMILES string of the molecule is CCCC1CCCC(N)(CC2CCOCC2)CC1. The quantitative estimate of drug-likeness (QED) is 0.772. The number of hydrogen-bond donors (Lipinski definition) is 1. The molecule has 0 radical (unpaired) electrons. The zero-order valence-corrected chi connectivity index (χ0v) is 12.1. The minimum absolute atomic E-state index is 0.143. The second-order valence-electron chi connectivity index (χ2n) is 6.71. The molecule has 2 atom stereocenters. The van der Waals surface area contributed by atoms with Gasteiger partial charge in [-0.2, -0.15) is 0 Å². The van der Waals surface area contributed by atoms with Crippen molar-refractivity contribution in [2.45, 2.75) is 76.7 Å². The highest BCUT2D eigenvalue weighted by Crippen LogP contribution is 2.36. The van der Waals surface area contributed by atoms with Crippen molar-refractivity contribution >= 4 is 0 Å². The predicted octanol–water partition coefficient (Wildman–Crippen LogP) is 3.88. The van der Waals surface area contributed by atoms with Gasteiger partial charge in [-0.3, -0.25) is 0 Å². The Morgan fingerprint density at radius 3 is 2.56 bits per heavy atom. The summed E-state index contributed by atoms with van der Waals surface area (Å²) in [5.74, 6) is 1.78. The molecule has 1 aliphatic heterocycles. The van der Waals surface area contributed by atoms with Gasteiger partial charge in [-0.25, -0.2) is 0 Å². The van der Waals surface area contributed by atoms with Gasteiger partial charge in [0.25, 0.3) is 0 Å². The van der Waals surface area contributed by atoms with E-state index in [1.807, 2.05) is 0 Å². The molecule has 2 fully saturated rings. The maximum atomic E-state index is 6.71. The van der Waals surface area contributed by atoms with Crippen molar-refractivity contribution in [1.82, 2.24) is 0 Å². The predicted molar refractivity (Wildman–Crippen MR) is 76.6 cm³/mol. The fourth-order valence-electron chi connectivity index (χ4n) is 3.93. The van der Waals surface area contributed by atoms with Crippen molar-refractivity contribution in [1.29, 1.82) is 0 Å². The summed E-state index contributed by atoms with van der Waals surface area (Å²) in [7, 11) is 0. The summed E-state index contributed by atoms with van der Waals surface area (Å²) < 4.78 is 5.45. The van der Waals surface area contributed by atoms with Crippen LogP contribution in [0.2, 0.25) is 0 Å². The third-order valence-electron chi connectivity index (χ3n) is 5.07. The van der Waals surface area contributed by atoms with Gasteiger partial charge in [0, 0.05) is 18.8 Å². The molecule has 18 heavy (non-hydrogen) atoms. The summed E-state index contributed by atoms with van der Waals surface area (Å²) in [6, 6.07) is 0. The van der Waals surface area contributed by atoms with Crippen LogP contribution in [0.3, 0.4) is 0 Å². The number of hydrogen-bond acceptors (Lipinski definition) is 2. The summed E-state index contributed by atoms with van der Waals surface area (Å²) in [6.45, 7) is 4.22. The van der Waals surface area contributed by atoms with Gasteiger partial charge in [0.2, 0.25) is 0 Å². The third kappa shape index (κ3) is 4.24.